The van der Waals surface area contributed by atoms with Gasteiger partial charge in [-0.1, -0.05) is 0 Å². The number of nitrogens with one attached hydrogen (secondary N) is 1. The second kappa shape index (κ2) is 6.84. The SMILES string of the molecule is CCN(CC)C(=O)C(C)NC(=O)C(C)(C)CCl. The molecule has 100 valence electrons. The van der Waals surface area contributed by atoms with Crippen molar-refractivity contribution in [3.63, 3.8) is 0 Å². The highest BCUT2D eigenvalue weighted by Gasteiger charge is 2.29. The van der Waals surface area contributed by atoms with Gasteiger partial charge in [-0.05, 0) is 34.6 Å². The van der Waals surface area contributed by atoms with E-state index >= 15 is 0 Å². The van der Waals surface area contributed by atoms with Crippen LogP contribution in [0.25, 0.3) is 0 Å². The van der Waals surface area contributed by atoms with E-state index in [2.05, 4.69) is 5.32 Å². The van der Waals surface area contributed by atoms with E-state index in [4.69, 9.17) is 11.6 Å². The zero-order valence-corrected chi connectivity index (χ0v) is 12.1. The van der Waals surface area contributed by atoms with Crippen molar-refractivity contribution in [3.05, 3.63) is 0 Å². The number of carbonyl (C=O) groups is 2. The maximum atomic E-state index is 11.9. The van der Waals surface area contributed by atoms with E-state index < -0.39 is 11.5 Å². The molecule has 5 heteroatoms. The van der Waals surface area contributed by atoms with Crippen LogP contribution in [0.5, 0.6) is 0 Å². The highest BCUT2D eigenvalue weighted by molar-refractivity contribution is 6.19. The van der Waals surface area contributed by atoms with Crippen molar-refractivity contribution in [1.29, 1.82) is 0 Å². The van der Waals surface area contributed by atoms with Crippen molar-refractivity contribution < 1.29 is 9.59 Å². The van der Waals surface area contributed by atoms with Crippen molar-refractivity contribution in [2.45, 2.75) is 40.7 Å². The van der Waals surface area contributed by atoms with Gasteiger partial charge in [-0.15, -0.1) is 11.6 Å². The van der Waals surface area contributed by atoms with Crippen LogP contribution in [0.2, 0.25) is 0 Å². The molecule has 0 fully saturated rings. The van der Waals surface area contributed by atoms with Crippen LogP contribution in [0.1, 0.15) is 34.6 Å². The van der Waals surface area contributed by atoms with Crippen LogP contribution in [0.3, 0.4) is 0 Å². The van der Waals surface area contributed by atoms with E-state index in [9.17, 15) is 9.59 Å². The van der Waals surface area contributed by atoms with Crippen molar-refractivity contribution >= 4 is 23.4 Å². The van der Waals surface area contributed by atoms with Gasteiger partial charge in [-0.3, -0.25) is 9.59 Å². The third kappa shape index (κ3) is 4.54. The summed E-state index contributed by atoms with van der Waals surface area (Å²) in [5, 5.41) is 2.71. The van der Waals surface area contributed by atoms with E-state index in [0.717, 1.165) is 0 Å². The summed E-state index contributed by atoms with van der Waals surface area (Å²) in [5.74, 6) is -0.0281. The number of hydrogen-bond donors (Lipinski definition) is 1. The van der Waals surface area contributed by atoms with Crippen LogP contribution in [-0.4, -0.2) is 41.7 Å². The van der Waals surface area contributed by atoms with Crippen LogP contribution in [0.15, 0.2) is 0 Å². The van der Waals surface area contributed by atoms with Crippen molar-refractivity contribution in [3.8, 4) is 0 Å². The number of hydrogen-bond acceptors (Lipinski definition) is 2. The number of carbonyl (C=O) groups excluding carboxylic acids is 2. The molecule has 2 amide bonds. The normalized spacial score (nSPS) is 13.1. The van der Waals surface area contributed by atoms with Crippen LogP contribution < -0.4 is 5.32 Å². The van der Waals surface area contributed by atoms with E-state index in [1.165, 1.54) is 0 Å². The molecule has 0 aromatic carbocycles. The standard InChI is InChI=1S/C12H23ClN2O2/c1-6-15(7-2)10(16)9(3)14-11(17)12(4,5)8-13/h9H,6-8H2,1-5H3,(H,14,17). The minimum absolute atomic E-state index is 0.0614. The lowest BCUT2D eigenvalue weighted by Crippen LogP contribution is -2.50. The Kier molecular flexibility index (Phi) is 6.53. The molecule has 0 saturated carbocycles. The molecule has 1 atom stereocenters. The number of nitrogens with zero attached hydrogens (tertiary/aromatic N) is 1. The zero-order valence-electron chi connectivity index (χ0n) is 11.3. The Bertz CT molecular complexity index is 276. The highest BCUT2D eigenvalue weighted by Crippen LogP contribution is 2.17. The summed E-state index contributed by atoms with van der Waals surface area (Å²) < 4.78 is 0. The average Bonchev–Trinajstić information content (AvgIpc) is 2.30. The van der Waals surface area contributed by atoms with Gasteiger partial charge < -0.3 is 10.2 Å². The molecule has 0 rings (SSSR count). The first-order valence-electron chi connectivity index (χ1n) is 5.95. The van der Waals surface area contributed by atoms with Gasteiger partial charge in [0.2, 0.25) is 11.8 Å². The predicted octanol–water partition coefficient (Wildman–Crippen LogP) is 1.62. The second-order valence-corrected chi connectivity index (χ2v) is 4.99. The van der Waals surface area contributed by atoms with Crippen molar-refractivity contribution in [2.75, 3.05) is 19.0 Å². The van der Waals surface area contributed by atoms with Gasteiger partial charge in [-0.25, -0.2) is 0 Å². The van der Waals surface area contributed by atoms with E-state index in [1.54, 1.807) is 25.7 Å². The second-order valence-electron chi connectivity index (χ2n) is 4.72. The van der Waals surface area contributed by atoms with Crippen LogP contribution in [0, 0.1) is 5.41 Å². The van der Waals surface area contributed by atoms with E-state index in [-0.39, 0.29) is 17.7 Å². The minimum atomic E-state index is -0.653. The average molecular weight is 263 g/mol. The molecule has 0 aromatic rings. The molecule has 0 aliphatic heterocycles. The largest absolute Gasteiger partial charge is 0.344 e. The first-order chi connectivity index (χ1) is 7.80. The highest BCUT2D eigenvalue weighted by atomic mass is 35.5. The minimum Gasteiger partial charge on any atom is -0.344 e. The lowest BCUT2D eigenvalue weighted by atomic mass is 9.95. The van der Waals surface area contributed by atoms with Crippen molar-refractivity contribution in [1.82, 2.24) is 10.2 Å². The molecular weight excluding hydrogens is 240 g/mol. The molecular formula is C12H23ClN2O2. The van der Waals surface area contributed by atoms with Crippen molar-refractivity contribution in [2.24, 2.45) is 5.41 Å². The quantitative estimate of drug-likeness (QED) is 0.740. The van der Waals surface area contributed by atoms with Gasteiger partial charge in [0.05, 0.1) is 5.41 Å². The van der Waals surface area contributed by atoms with Gasteiger partial charge >= 0.3 is 0 Å². The first kappa shape index (κ1) is 16.2. The summed E-state index contributed by atoms with van der Waals surface area (Å²) in [6.07, 6.45) is 0. The number of rotatable bonds is 6. The Labute approximate surface area is 109 Å². The molecule has 0 radical (unpaired) electrons. The Morgan fingerprint density at radius 3 is 2.12 bits per heavy atom. The number of amides is 2. The molecule has 1 unspecified atom stereocenters. The van der Waals surface area contributed by atoms with Gasteiger partial charge in [-0.2, -0.15) is 0 Å². The Morgan fingerprint density at radius 2 is 1.76 bits per heavy atom. The van der Waals surface area contributed by atoms with E-state index in [0.29, 0.717) is 13.1 Å². The molecule has 0 aliphatic rings. The molecule has 0 spiro atoms. The molecule has 0 aliphatic carbocycles. The maximum Gasteiger partial charge on any atom is 0.244 e. The van der Waals surface area contributed by atoms with E-state index in [1.807, 2.05) is 13.8 Å². The molecule has 17 heavy (non-hydrogen) atoms. The number of likely N-dealkylation sites (N-methyl/N-ethyl adjacent to an activating group) is 1. The van der Waals surface area contributed by atoms with Crippen LogP contribution >= 0.6 is 11.6 Å². The van der Waals surface area contributed by atoms with Gasteiger partial charge in [0, 0.05) is 19.0 Å². The molecule has 0 aromatic heterocycles. The number of halogens is 1. The predicted molar refractivity (Wildman–Crippen MR) is 70.0 cm³/mol. The fraction of sp³-hybridized carbons (Fsp3) is 0.833. The molecule has 1 N–H and O–H groups in total. The topological polar surface area (TPSA) is 49.4 Å². The summed E-state index contributed by atoms with van der Waals surface area (Å²) in [7, 11) is 0. The van der Waals surface area contributed by atoms with Crippen LogP contribution in [-0.2, 0) is 9.59 Å². The third-order valence-electron chi connectivity index (χ3n) is 2.74. The number of alkyl halides is 1. The van der Waals surface area contributed by atoms with Gasteiger partial charge in [0.1, 0.15) is 6.04 Å². The Balaban J connectivity index is 4.50. The van der Waals surface area contributed by atoms with Gasteiger partial charge in [0.15, 0.2) is 0 Å². The molecule has 0 bridgehead atoms. The molecule has 0 heterocycles. The fourth-order valence-corrected chi connectivity index (χ4v) is 1.44. The molecule has 0 saturated heterocycles. The van der Waals surface area contributed by atoms with Gasteiger partial charge in [0.25, 0.3) is 0 Å². The smallest absolute Gasteiger partial charge is 0.244 e. The van der Waals surface area contributed by atoms with Crippen LogP contribution in [0.4, 0.5) is 0 Å². The monoisotopic (exact) mass is 262 g/mol. The first-order valence-corrected chi connectivity index (χ1v) is 6.49. The molecule has 4 nitrogen and oxygen atoms in total. The lowest BCUT2D eigenvalue weighted by Gasteiger charge is -2.27. The summed E-state index contributed by atoms with van der Waals surface area (Å²) in [6, 6.07) is -0.509. The Hall–Kier alpha value is -0.770. The fourth-order valence-electron chi connectivity index (χ4n) is 1.32. The zero-order chi connectivity index (χ0) is 13.6. The summed E-state index contributed by atoms with van der Waals surface area (Å²) in [6.45, 7) is 10.3. The third-order valence-corrected chi connectivity index (χ3v) is 3.41. The Morgan fingerprint density at radius 1 is 1.29 bits per heavy atom. The summed E-state index contributed by atoms with van der Waals surface area (Å²) in [5.41, 5.74) is -0.653. The maximum absolute atomic E-state index is 11.9. The summed E-state index contributed by atoms with van der Waals surface area (Å²) >= 11 is 5.71. The summed E-state index contributed by atoms with van der Waals surface area (Å²) in [4.78, 5) is 25.5. The lowest BCUT2D eigenvalue weighted by molar-refractivity contribution is -0.137.